The van der Waals surface area contributed by atoms with Gasteiger partial charge in [-0.1, -0.05) is 23.2 Å². The average Bonchev–Trinajstić information content (AvgIpc) is 1.85. The lowest BCUT2D eigenvalue weighted by molar-refractivity contribution is 0.679. The van der Waals surface area contributed by atoms with E-state index in [0.717, 1.165) is 0 Å². The summed E-state index contributed by atoms with van der Waals surface area (Å²) in [6, 6.07) is 1.39. The van der Waals surface area contributed by atoms with Crippen LogP contribution in [0, 0.1) is 0 Å². The summed E-state index contributed by atoms with van der Waals surface area (Å²) in [5.41, 5.74) is 0. The van der Waals surface area contributed by atoms with E-state index in [1.54, 1.807) is 0 Å². The maximum atomic E-state index is 10.8. The van der Waals surface area contributed by atoms with Gasteiger partial charge in [0, 0.05) is 12.3 Å². The first-order chi connectivity index (χ1) is 5.09. The van der Waals surface area contributed by atoms with Crippen molar-refractivity contribution >= 4 is 34.0 Å². The van der Waals surface area contributed by atoms with Gasteiger partial charge in [0.25, 0.3) is 0 Å². The summed E-state index contributed by atoms with van der Waals surface area (Å²) in [6.07, 6.45) is 1.46. The maximum Gasteiger partial charge on any atom is 0.221 e. The molecule has 1 aromatic rings. The van der Waals surface area contributed by atoms with Gasteiger partial charge in [-0.15, -0.1) is 0 Å². The van der Waals surface area contributed by atoms with E-state index in [1.165, 1.54) is 12.3 Å². The van der Waals surface area contributed by atoms with Crippen LogP contribution >= 0.6 is 23.2 Å². The van der Waals surface area contributed by atoms with Gasteiger partial charge in [-0.25, -0.2) is 9.97 Å². The predicted molar refractivity (Wildman–Crippen MR) is 44.4 cm³/mol. The summed E-state index contributed by atoms with van der Waals surface area (Å²) in [4.78, 5) is 7.41. The summed E-state index contributed by atoms with van der Waals surface area (Å²) < 4.78 is 10.8. The second kappa shape index (κ2) is 3.47. The minimum Gasteiger partial charge on any atom is -0.251 e. The molecule has 0 saturated carbocycles. The average molecular weight is 211 g/mol. The molecule has 0 aliphatic carbocycles. The molecule has 0 amide bonds. The largest absolute Gasteiger partial charge is 0.251 e. The smallest absolute Gasteiger partial charge is 0.221 e. The quantitative estimate of drug-likeness (QED) is 0.522. The van der Waals surface area contributed by atoms with Crippen LogP contribution in [-0.2, 0) is 10.8 Å². The first kappa shape index (κ1) is 8.90. The third-order valence-electron chi connectivity index (χ3n) is 0.900. The Balaban J connectivity index is 3.19. The normalized spacial score (nSPS) is 13.0. The minimum atomic E-state index is -1.24. The van der Waals surface area contributed by atoms with Crippen molar-refractivity contribution < 1.29 is 4.21 Å². The second-order valence-electron chi connectivity index (χ2n) is 1.75. The second-order valence-corrected chi connectivity index (χ2v) is 3.80. The molecular weight excluding hydrogens is 207 g/mol. The molecule has 1 aromatic heterocycles. The van der Waals surface area contributed by atoms with Gasteiger partial charge >= 0.3 is 0 Å². The molecule has 1 atom stereocenters. The van der Waals surface area contributed by atoms with Crippen molar-refractivity contribution in [1.82, 2.24) is 9.97 Å². The van der Waals surface area contributed by atoms with Gasteiger partial charge in [0.1, 0.15) is 10.3 Å². The van der Waals surface area contributed by atoms with Crippen LogP contribution in [0.2, 0.25) is 10.3 Å². The molecule has 60 valence electrons. The molecule has 0 fully saturated rings. The lowest BCUT2D eigenvalue weighted by atomic mass is 10.7. The first-order valence-electron chi connectivity index (χ1n) is 2.63. The van der Waals surface area contributed by atoms with E-state index in [4.69, 9.17) is 23.2 Å². The number of rotatable bonds is 1. The molecule has 0 aliphatic heterocycles. The van der Waals surface area contributed by atoms with Crippen molar-refractivity contribution in [3.05, 3.63) is 16.4 Å². The van der Waals surface area contributed by atoms with Crippen molar-refractivity contribution in [3.8, 4) is 0 Å². The first-order valence-corrected chi connectivity index (χ1v) is 4.94. The Hall–Kier alpha value is -0.190. The minimum absolute atomic E-state index is 0.155. The molecule has 0 saturated heterocycles. The number of aromatic nitrogens is 2. The van der Waals surface area contributed by atoms with Crippen LogP contribution in [0.5, 0.6) is 0 Å². The number of nitrogens with zero attached hydrogens (tertiary/aromatic N) is 2. The number of halogens is 2. The molecule has 1 heterocycles. The highest BCUT2D eigenvalue weighted by molar-refractivity contribution is 7.84. The van der Waals surface area contributed by atoms with E-state index in [0.29, 0.717) is 0 Å². The van der Waals surface area contributed by atoms with Crippen LogP contribution < -0.4 is 0 Å². The zero-order valence-electron chi connectivity index (χ0n) is 5.54. The SMILES string of the molecule is CS(=O)c1nc(Cl)cc(Cl)n1. The van der Waals surface area contributed by atoms with E-state index < -0.39 is 10.8 Å². The fraction of sp³-hybridized carbons (Fsp3) is 0.200. The van der Waals surface area contributed by atoms with Gasteiger partial charge in [-0.2, -0.15) is 0 Å². The Labute approximate surface area is 76.2 Å². The van der Waals surface area contributed by atoms with Crippen LogP contribution in [0.25, 0.3) is 0 Å². The van der Waals surface area contributed by atoms with E-state index in [9.17, 15) is 4.21 Å². The lowest BCUT2D eigenvalue weighted by Crippen LogP contribution is -1.96. The Morgan fingerprint density at radius 2 is 1.82 bits per heavy atom. The Bertz CT molecular complexity index is 284. The standard InChI is InChI=1S/C5H4Cl2N2OS/c1-11(10)5-8-3(6)2-4(7)9-5/h2H,1H3. The van der Waals surface area contributed by atoms with Crippen LogP contribution in [0.3, 0.4) is 0 Å². The topological polar surface area (TPSA) is 42.9 Å². The van der Waals surface area contributed by atoms with Gasteiger partial charge in [0.2, 0.25) is 5.16 Å². The molecule has 0 aliphatic rings. The van der Waals surface area contributed by atoms with Crippen molar-refractivity contribution in [2.24, 2.45) is 0 Å². The molecular formula is C5H4Cl2N2OS. The molecule has 6 heteroatoms. The van der Waals surface area contributed by atoms with E-state index in [2.05, 4.69) is 9.97 Å². The number of hydrogen-bond donors (Lipinski definition) is 0. The highest BCUT2D eigenvalue weighted by Gasteiger charge is 2.03. The van der Waals surface area contributed by atoms with Gasteiger partial charge in [-0.05, 0) is 0 Å². The lowest BCUT2D eigenvalue weighted by Gasteiger charge is -1.95. The molecule has 3 nitrogen and oxygen atoms in total. The highest BCUT2D eigenvalue weighted by atomic mass is 35.5. The summed E-state index contributed by atoms with van der Waals surface area (Å²) in [5.74, 6) is 0. The molecule has 0 bridgehead atoms. The molecule has 1 unspecified atom stereocenters. The van der Waals surface area contributed by atoms with E-state index in [1.807, 2.05) is 0 Å². The van der Waals surface area contributed by atoms with E-state index >= 15 is 0 Å². The number of hydrogen-bond acceptors (Lipinski definition) is 3. The Morgan fingerprint density at radius 3 is 2.18 bits per heavy atom. The molecule has 0 N–H and O–H groups in total. The van der Waals surface area contributed by atoms with Gasteiger partial charge in [-0.3, -0.25) is 4.21 Å². The maximum absolute atomic E-state index is 10.8. The summed E-state index contributed by atoms with van der Waals surface area (Å²) in [5, 5.41) is 0.563. The third-order valence-corrected chi connectivity index (χ3v) is 1.98. The van der Waals surface area contributed by atoms with Crippen LogP contribution in [-0.4, -0.2) is 20.4 Å². The monoisotopic (exact) mass is 210 g/mol. The summed E-state index contributed by atoms with van der Waals surface area (Å²) in [6.45, 7) is 0. The van der Waals surface area contributed by atoms with Gasteiger partial charge < -0.3 is 0 Å². The van der Waals surface area contributed by atoms with Crippen LogP contribution in [0.15, 0.2) is 11.2 Å². The Kier molecular flexibility index (Phi) is 2.81. The fourth-order valence-corrected chi connectivity index (χ4v) is 1.48. The third kappa shape index (κ3) is 2.39. The van der Waals surface area contributed by atoms with Crippen molar-refractivity contribution in [2.45, 2.75) is 5.16 Å². The van der Waals surface area contributed by atoms with Gasteiger partial charge in [0.05, 0.1) is 10.8 Å². The molecule has 0 radical (unpaired) electrons. The summed E-state index contributed by atoms with van der Waals surface area (Å²) in [7, 11) is -1.24. The van der Waals surface area contributed by atoms with Crippen LogP contribution in [0.4, 0.5) is 0 Å². The zero-order chi connectivity index (χ0) is 8.43. The predicted octanol–water partition coefficient (Wildman–Crippen LogP) is 1.52. The van der Waals surface area contributed by atoms with Crippen molar-refractivity contribution in [1.29, 1.82) is 0 Å². The molecule has 1 rings (SSSR count). The fourth-order valence-electron chi connectivity index (χ4n) is 0.499. The Morgan fingerprint density at radius 1 is 1.36 bits per heavy atom. The van der Waals surface area contributed by atoms with Crippen molar-refractivity contribution in [3.63, 3.8) is 0 Å². The van der Waals surface area contributed by atoms with Crippen LogP contribution in [0.1, 0.15) is 0 Å². The molecule has 0 aromatic carbocycles. The van der Waals surface area contributed by atoms with Crippen molar-refractivity contribution in [2.75, 3.05) is 6.26 Å². The summed E-state index contributed by atoms with van der Waals surface area (Å²) >= 11 is 11.0. The van der Waals surface area contributed by atoms with E-state index in [-0.39, 0.29) is 15.5 Å². The zero-order valence-corrected chi connectivity index (χ0v) is 7.87. The molecule has 0 spiro atoms. The molecule has 11 heavy (non-hydrogen) atoms. The highest BCUT2D eigenvalue weighted by Crippen LogP contribution is 2.12. The van der Waals surface area contributed by atoms with Gasteiger partial charge in [0.15, 0.2) is 0 Å².